The molecule has 0 aromatic heterocycles. The van der Waals surface area contributed by atoms with Crippen LogP contribution in [0.4, 0.5) is 4.39 Å². The molecular weight excluding hydrogens is 215 g/mol. The highest BCUT2D eigenvalue weighted by molar-refractivity contribution is 6.31. The minimum absolute atomic E-state index is 0.146. The fourth-order valence-corrected chi connectivity index (χ4v) is 1.66. The predicted molar refractivity (Wildman–Crippen MR) is 61.1 cm³/mol. The van der Waals surface area contributed by atoms with Crippen molar-refractivity contribution in [3.63, 3.8) is 0 Å². The maximum Gasteiger partial charge on any atom is 0.124 e. The topological polar surface area (TPSA) is 38.0 Å². The summed E-state index contributed by atoms with van der Waals surface area (Å²) in [6.07, 6.45) is 0.702. The second kappa shape index (κ2) is 5.45. The van der Waals surface area contributed by atoms with Gasteiger partial charge in [0, 0.05) is 11.1 Å². The number of hydrogen-bond acceptors (Lipinski definition) is 2. The molecule has 0 spiro atoms. The van der Waals surface area contributed by atoms with E-state index in [1.165, 1.54) is 12.1 Å². The monoisotopic (exact) mass is 230 g/mol. The van der Waals surface area contributed by atoms with E-state index in [2.05, 4.69) is 19.3 Å². The van der Waals surface area contributed by atoms with E-state index in [4.69, 9.17) is 17.4 Å². The molecule has 0 saturated carbocycles. The Labute approximate surface area is 94.6 Å². The van der Waals surface area contributed by atoms with Crippen LogP contribution in [0.25, 0.3) is 0 Å². The summed E-state index contributed by atoms with van der Waals surface area (Å²) in [6, 6.07) is 4.58. The maximum atomic E-state index is 12.8. The zero-order chi connectivity index (χ0) is 11.4. The molecule has 1 rings (SSSR count). The smallest absolute Gasteiger partial charge is 0.124 e. The van der Waals surface area contributed by atoms with Crippen molar-refractivity contribution >= 4 is 11.6 Å². The minimum atomic E-state index is -0.314. The first-order valence-corrected chi connectivity index (χ1v) is 5.32. The molecule has 1 atom stereocenters. The van der Waals surface area contributed by atoms with E-state index >= 15 is 0 Å². The van der Waals surface area contributed by atoms with Crippen molar-refractivity contribution in [1.29, 1.82) is 0 Å². The number of halogens is 2. The van der Waals surface area contributed by atoms with Gasteiger partial charge in [-0.1, -0.05) is 31.5 Å². The van der Waals surface area contributed by atoms with Gasteiger partial charge in [0.2, 0.25) is 0 Å². The van der Waals surface area contributed by atoms with Crippen LogP contribution in [0.5, 0.6) is 0 Å². The highest BCUT2D eigenvalue weighted by atomic mass is 35.5. The molecule has 0 bridgehead atoms. The molecule has 1 unspecified atom stereocenters. The molecule has 0 aliphatic carbocycles. The van der Waals surface area contributed by atoms with Gasteiger partial charge in [-0.2, -0.15) is 0 Å². The van der Waals surface area contributed by atoms with E-state index < -0.39 is 0 Å². The maximum absolute atomic E-state index is 12.8. The summed E-state index contributed by atoms with van der Waals surface area (Å²) in [5, 5.41) is 0.455. The molecule has 0 aliphatic rings. The third-order valence-electron chi connectivity index (χ3n) is 2.47. The molecule has 0 fully saturated rings. The molecule has 0 aliphatic heterocycles. The average molecular weight is 231 g/mol. The van der Waals surface area contributed by atoms with Crippen molar-refractivity contribution in [2.24, 2.45) is 11.8 Å². The van der Waals surface area contributed by atoms with Crippen LogP contribution in [0, 0.1) is 11.7 Å². The van der Waals surface area contributed by atoms with Crippen LogP contribution in [0.3, 0.4) is 0 Å². The zero-order valence-corrected chi connectivity index (χ0v) is 9.68. The van der Waals surface area contributed by atoms with Gasteiger partial charge in [-0.15, -0.1) is 0 Å². The van der Waals surface area contributed by atoms with Gasteiger partial charge in [0.15, 0.2) is 0 Å². The third-order valence-corrected chi connectivity index (χ3v) is 2.83. The molecule has 0 amide bonds. The Morgan fingerprint density at radius 1 is 1.47 bits per heavy atom. The van der Waals surface area contributed by atoms with Gasteiger partial charge in [0.1, 0.15) is 5.82 Å². The third kappa shape index (κ3) is 3.45. The lowest BCUT2D eigenvalue weighted by atomic mass is 9.97. The van der Waals surface area contributed by atoms with Gasteiger partial charge in [-0.25, -0.2) is 4.39 Å². The summed E-state index contributed by atoms with van der Waals surface area (Å²) in [5.74, 6) is 5.52. The summed E-state index contributed by atoms with van der Waals surface area (Å²) in [5.41, 5.74) is 3.65. The van der Waals surface area contributed by atoms with Gasteiger partial charge in [0.25, 0.3) is 0 Å². The van der Waals surface area contributed by atoms with E-state index in [0.29, 0.717) is 17.4 Å². The number of hydrogen-bond donors (Lipinski definition) is 2. The Kier molecular flexibility index (Phi) is 4.51. The number of nitrogens with one attached hydrogen (secondary N) is 1. The lowest BCUT2D eigenvalue weighted by Crippen LogP contribution is -2.40. The first-order valence-electron chi connectivity index (χ1n) is 4.94. The largest absolute Gasteiger partial charge is 0.271 e. The SMILES string of the molecule is CC(C)C(Cc1ccc(F)cc1Cl)NN. The lowest BCUT2D eigenvalue weighted by Gasteiger charge is -2.20. The number of nitrogens with two attached hydrogens (primary N) is 1. The molecular formula is C11H16ClFN2. The van der Waals surface area contributed by atoms with Gasteiger partial charge in [-0.3, -0.25) is 11.3 Å². The highest BCUT2D eigenvalue weighted by Crippen LogP contribution is 2.20. The van der Waals surface area contributed by atoms with E-state index in [9.17, 15) is 4.39 Å². The summed E-state index contributed by atoms with van der Waals surface area (Å²) in [7, 11) is 0. The molecule has 1 aromatic carbocycles. The summed E-state index contributed by atoms with van der Waals surface area (Å²) in [4.78, 5) is 0. The molecule has 3 N–H and O–H groups in total. The predicted octanol–water partition coefficient (Wildman–Crippen LogP) is 2.51. The van der Waals surface area contributed by atoms with Crippen LogP contribution in [-0.4, -0.2) is 6.04 Å². The molecule has 4 heteroatoms. The Bertz CT molecular complexity index is 328. The van der Waals surface area contributed by atoms with Gasteiger partial charge in [0.05, 0.1) is 0 Å². The van der Waals surface area contributed by atoms with Crippen molar-refractivity contribution in [1.82, 2.24) is 5.43 Å². The van der Waals surface area contributed by atoms with Crippen molar-refractivity contribution < 1.29 is 4.39 Å². The van der Waals surface area contributed by atoms with E-state index in [0.717, 1.165) is 5.56 Å². The Morgan fingerprint density at radius 2 is 2.13 bits per heavy atom. The Morgan fingerprint density at radius 3 is 2.60 bits per heavy atom. The van der Waals surface area contributed by atoms with Crippen molar-refractivity contribution in [3.8, 4) is 0 Å². The van der Waals surface area contributed by atoms with Crippen molar-refractivity contribution in [2.75, 3.05) is 0 Å². The normalized spacial score (nSPS) is 13.2. The van der Waals surface area contributed by atoms with Crippen molar-refractivity contribution in [3.05, 3.63) is 34.6 Å². The molecule has 1 aromatic rings. The summed E-state index contributed by atoms with van der Waals surface area (Å²) in [6.45, 7) is 4.14. The molecule has 84 valence electrons. The average Bonchev–Trinajstić information content (AvgIpc) is 2.16. The quantitative estimate of drug-likeness (QED) is 0.616. The summed E-state index contributed by atoms with van der Waals surface area (Å²) < 4.78 is 12.8. The lowest BCUT2D eigenvalue weighted by molar-refractivity contribution is 0.404. The standard InChI is InChI=1S/C11H16ClFN2/c1-7(2)11(15-14)5-8-3-4-9(13)6-10(8)12/h3-4,6-7,11,15H,5,14H2,1-2H3. The molecule has 0 saturated heterocycles. The van der Waals surface area contributed by atoms with E-state index in [1.807, 2.05) is 0 Å². The van der Waals surface area contributed by atoms with Crippen LogP contribution in [0.1, 0.15) is 19.4 Å². The molecule has 0 radical (unpaired) electrons. The minimum Gasteiger partial charge on any atom is -0.271 e. The first kappa shape index (κ1) is 12.4. The first-order chi connectivity index (χ1) is 7.04. The summed E-state index contributed by atoms with van der Waals surface area (Å²) >= 11 is 5.93. The zero-order valence-electron chi connectivity index (χ0n) is 8.93. The van der Waals surface area contributed by atoms with Crippen LogP contribution >= 0.6 is 11.6 Å². The molecule has 2 nitrogen and oxygen atoms in total. The molecule has 15 heavy (non-hydrogen) atoms. The van der Waals surface area contributed by atoms with Crippen LogP contribution in [-0.2, 0) is 6.42 Å². The second-order valence-electron chi connectivity index (χ2n) is 3.96. The van der Waals surface area contributed by atoms with Gasteiger partial charge in [-0.05, 0) is 30.0 Å². The number of rotatable bonds is 4. The van der Waals surface area contributed by atoms with Crippen LogP contribution in [0.2, 0.25) is 5.02 Å². The van der Waals surface area contributed by atoms with Gasteiger partial charge < -0.3 is 0 Å². The Balaban J connectivity index is 2.79. The van der Waals surface area contributed by atoms with Crippen LogP contribution < -0.4 is 11.3 Å². The van der Waals surface area contributed by atoms with Crippen LogP contribution in [0.15, 0.2) is 18.2 Å². The highest BCUT2D eigenvalue weighted by Gasteiger charge is 2.13. The fraction of sp³-hybridized carbons (Fsp3) is 0.455. The van der Waals surface area contributed by atoms with E-state index in [-0.39, 0.29) is 11.9 Å². The van der Waals surface area contributed by atoms with E-state index in [1.54, 1.807) is 6.07 Å². The number of benzene rings is 1. The Hall–Kier alpha value is -0.640. The second-order valence-corrected chi connectivity index (χ2v) is 4.36. The number of hydrazine groups is 1. The van der Waals surface area contributed by atoms with Crippen molar-refractivity contribution in [2.45, 2.75) is 26.3 Å². The molecule has 0 heterocycles. The fourth-order valence-electron chi connectivity index (χ4n) is 1.41. The van der Waals surface area contributed by atoms with Gasteiger partial charge >= 0.3 is 0 Å².